The van der Waals surface area contributed by atoms with Crippen molar-refractivity contribution in [1.82, 2.24) is 4.98 Å². The van der Waals surface area contributed by atoms with Crippen LogP contribution in [-0.4, -0.2) is 22.0 Å². The van der Waals surface area contributed by atoms with Gasteiger partial charge in [-0.15, -0.1) is 0 Å². The molecule has 130 valence electrons. The van der Waals surface area contributed by atoms with Crippen LogP contribution in [-0.2, 0) is 9.59 Å². The maximum absolute atomic E-state index is 12.7. The number of carboxylic acid groups (broad SMARTS) is 1. The minimum Gasteiger partial charge on any atom is -0.481 e. The van der Waals surface area contributed by atoms with Gasteiger partial charge >= 0.3 is 5.97 Å². The Kier molecular flexibility index (Phi) is 3.63. The molecule has 6 heteroatoms. The molecule has 0 spiro atoms. The summed E-state index contributed by atoms with van der Waals surface area (Å²) < 4.78 is 5.67. The fourth-order valence-corrected chi connectivity index (χ4v) is 4.01. The van der Waals surface area contributed by atoms with Crippen molar-refractivity contribution in [3.05, 3.63) is 36.2 Å². The van der Waals surface area contributed by atoms with Gasteiger partial charge in [0.25, 0.3) is 0 Å². The topological polar surface area (TPSA) is 92.4 Å². The Morgan fingerprint density at radius 2 is 1.96 bits per heavy atom. The van der Waals surface area contributed by atoms with Crippen LogP contribution in [0.3, 0.4) is 0 Å². The average molecular weight is 340 g/mol. The number of aliphatic carboxylic acids is 1. The van der Waals surface area contributed by atoms with Gasteiger partial charge in [-0.3, -0.25) is 9.59 Å². The molecule has 1 heterocycles. The zero-order valence-electron chi connectivity index (χ0n) is 14.1. The molecule has 2 aromatic rings. The number of anilines is 1. The number of carboxylic acids is 1. The van der Waals surface area contributed by atoms with E-state index >= 15 is 0 Å². The van der Waals surface area contributed by atoms with Crippen molar-refractivity contribution in [2.45, 2.75) is 26.2 Å². The maximum Gasteiger partial charge on any atom is 0.307 e. The number of hydrogen-bond donors (Lipinski definition) is 2. The molecule has 2 aliphatic rings. The van der Waals surface area contributed by atoms with E-state index in [1.807, 2.05) is 26.0 Å². The molecule has 2 bridgehead atoms. The summed E-state index contributed by atoms with van der Waals surface area (Å²) >= 11 is 0. The zero-order chi connectivity index (χ0) is 17.7. The Hall–Kier alpha value is -2.63. The summed E-state index contributed by atoms with van der Waals surface area (Å²) in [6, 6.07) is 5.30. The fourth-order valence-electron chi connectivity index (χ4n) is 4.01. The minimum absolute atomic E-state index is 0.00873. The summed E-state index contributed by atoms with van der Waals surface area (Å²) in [6.45, 7) is 4.00. The number of carbonyl (C=O) groups excluding carboxylic acids is 1. The third-order valence-corrected chi connectivity index (χ3v) is 5.21. The summed E-state index contributed by atoms with van der Waals surface area (Å²) in [6.07, 6.45) is 4.65. The molecule has 4 rings (SSSR count). The molecule has 0 unspecified atom stereocenters. The molecule has 1 aromatic heterocycles. The molecular weight excluding hydrogens is 320 g/mol. The normalized spacial score (nSPS) is 27.3. The van der Waals surface area contributed by atoms with Crippen molar-refractivity contribution >= 4 is 28.7 Å². The number of aromatic nitrogens is 1. The van der Waals surface area contributed by atoms with Crippen molar-refractivity contribution in [2.75, 3.05) is 5.32 Å². The first-order valence-corrected chi connectivity index (χ1v) is 8.56. The van der Waals surface area contributed by atoms with E-state index in [-0.39, 0.29) is 23.7 Å². The van der Waals surface area contributed by atoms with Gasteiger partial charge in [-0.05, 0) is 36.5 Å². The van der Waals surface area contributed by atoms with Crippen LogP contribution < -0.4 is 5.32 Å². The number of nitrogens with one attached hydrogen (secondary N) is 1. The highest BCUT2D eigenvalue weighted by Gasteiger charge is 2.51. The molecule has 2 aliphatic carbocycles. The smallest absolute Gasteiger partial charge is 0.307 e. The van der Waals surface area contributed by atoms with Crippen LogP contribution in [0.4, 0.5) is 5.69 Å². The largest absolute Gasteiger partial charge is 0.481 e. The Labute approximate surface area is 144 Å². The second-order valence-electron chi connectivity index (χ2n) is 7.22. The van der Waals surface area contributed by atoms with E-state index in [2.05, 4.69) is 10.3 Å². The highest BCUT2D eigenvalue weighted by Crippen LogP contribution is 2.48. The molecule has 1 aromatic carbocycles. The molecule has 0 saturated heterocycles. The van der Waals surface area contributed by atoms with Crippen LogP contribution in [0.15, 0.2) is 34.8 Å². The number of benzene rings is 1. The molecule has 4 atom stereocenters. The first-order valence-electron chi connectivity index (χ1n) is 8.56. The number of allylic oxidation sites excluding steroid dienone is 2. The minimum atomic E-state index is -0.898. The quantitative estimate of drug-likeness (QED) is 0.832. The molecule has 6 nitrogen and oxygen atoms in total. The molecule has 25 heavy (non-hydrogen) atoms. The number of carbonyl (C=O) groups is 2. The zero-order valence-corrected chi connectivity index (χ0v) is 14.1. The predicted octanol–water partition coefficient (Wildman–Crippen LogP) is 3.41. The lowest BCUT2D eigenvalue weighted by atomic mass is 9.82. The number of nitrogens with zero attached hydrogens (tertiary/aromatic N) is 1. The first kappa shape index (κ1) is 15.9. The van der Waals surface area contributed by atoms with Crippen molar-refractivity contribution in [3.63, 3.8) is 0 Å². The Bertz CT molecular complexity index is 883. The molecule has 2 N–H and O–H groups in total. The van der Waals surface area contributed by atoms with E-state index in [4.69, 9.17) is 4.42 Å². The maximum atomic E-state index is 12.7. The third-order valence-electron chi connectivity index (χ3n) is 5.21. The molecule has 1 fully saturated rings. The number of fused-ring (bicyclic) bond motifs is 3. The van der Waals surface area contributed by atoms with Gasteiger partial charge in [0.15, 0.2) is 11.5 Å². The summed E-state index contributed by atoms with van der Waals surface area (Å²) in [5, 5.41) is 12.3. The fraction of sp³-hybridized carbons (Fsp3) is 0.421. The highest BCUT2D eigenvalue weighted by molar-refractivity contribution is 5.97. The number of oxazole rings is 1. The Morgan fingerprint density at radius 1 is 1.24 bits per heavy atom. The van der Waals surface area contributed by atoms with E-state index in [1.165, 1.54) is 0 Å². The summed E-state index contributed by atoms with van der Waals surface area (Å²) in [5.74, 6) is -1.49. The van der Waals surface area contributed by atoms with Gasteiger partial charge in [0.05, 0.1) is 11.8 Å². The van der Waals surface area contributed by atoms with Gasteiger partial charge in [-0.2, -0.15) is 0 Å². The molecule has 0 radical (unpaired) electrons. The SMILES string of the molecule is CC(C)c1nc2cc(NC(=O)[C@@H]3[C@H](C(=O)O)[C@H]4C=C[C@H]3C4)ccc2o1. The van der Waals surface area contributed by atoms with Crippen molar-refractivity contribution in [3.8, 4) is 0 Å². The standard InChI is InChI=1S/C19H20N2O4/c1-9(2)18-21-13-8-12(5-6-14(13)25-18)20-17(22)15-10-3-4-11(7-10)16(15)19(23)24/h3-6,8-11,15-16H,7H2,1-2H3,(H,20,22)(H,23,24)/t10-,11-,15-,16+/m0/s1. The lowest BCUT2D eigenvalue weighted by Gasteiger charge is -2.23. The van der Waals surface area contributed by atoms with E-state index in [1.54, 1.807) is 18.2 Å². The van der Waals surface area contributed by atoms with Gasteiger partial charge < -0.3 is 14.8 Å². The van der Waals surface area contributed by atoms with E-state index < -0.39 is 17.8 Å². The molecular formula is C19H20N2O4. The Morgan fingerprint density at radius 3 is 2.64 bits per heavy atom. The van der Waals surface area contributed by atoms with Crippen molar-refractivity contribution < 1.29 is 19.1 Å². The molecule has 0 aliphatic heterocycles. The second-order valence-corrected chi connectivity index (χ2v) is 7.22. The van der Waals surface area contributed by atoms with Gasteiger partial charge in [-0.1, -0.05) is 26.0 Å². The lowest BCUT2D eigenvalue weighted by molar-refractivity contribution is -0.146. The summed E-state index contributed by atoms with van der Waals surface area (Å²) in [5.41, 5.74) is 1.97. The van der Waals surface area contributed by atoms with Gasteiger partial charge in [0.1, 0.15) is 5.52 Å². The average Bonchev–Trinajstić information content (AvgIpc) is 3.27. The molecule has 1 amide bonds. The van der Waals surface area contributed by atoms with Crippen LogP contribution >= 0.6 is 0 Å². The summed E-state index contributed by atoms with van der Waals surface area (Å²) in [7, 11) is 0. The van der Waals surface area contributed by atoms with Crippen molar-refractivity contribution in [2.24, 2.45) is 23.7 Å². The second kappa shape index (κ2) is 5.72. The molecule has 1 saturated carbocycles. The van der Waals surface area contributed by atoms with Crippen LogP contribution in [0.2, 0.25) is 0 Å². The summed E-state index contributed by atoms with van der Waals surface area (Å²) in [4.78, 5) is 28.7. The van der Waals surface area contributed by atoms with Crippen LogP contribution in [0.5, 0.6) is 0 Å². The lowest BCUT2D eigenvalue weighted by Crippen LogP contribution is -2.36. The Balaban J connectivity index is 1.57. The van der Waals surface area contributed by atoms with Crippen molar-refractivity contribution in [1.29, 1.82) is 0 Å². The first-order chi connectivity index (χ1) is 11.9. The van der Waals surface area contributed by atoms with E-state index in [9.17, 15) is 14.7 Å². The number of amides is 1. The number of rotatable bonds is 4. The van der Waals surface area contributed by atoms with E-state index in [0.717, 1.165) is 6.42 Å². The monoisotopic (exact) mass is 340 g/mol. The predicted molar refractivity (Wildman–Crippen MR) is 92.1 cm³/mol. The van der Waals surface area contributed by atoms with Gasteiger partial charge in [0.2, 0.25) is 5.91 Å². The van der Waals surface area contributed by atoms with Crippen LogP contribution in [0.1, 0.15) is 32.1 Å². The van der Waals surface area contributed by atoms with Crippen LogP contribution in [0, 0.1) is 23.7 Å². The van der Waals surface area contributed by atoms with E-state index in [0.29, 0.717) is 22.7 Å². The number of hydrogen-bond acceptors (Lipinski definition) is 4. The highest BCUT2D eigenvalue weighted by atomic mass is 16.4. The van der Waals surface area contributed by atoms with Gasteiger partial charge in [0, 0.05) is 11.6 Å². The third kappa shape index (κ3) is 2.62. The van der Waals surface area contributed by atoms with Gasteiger partial charge in [-0.25, -0.2) is 4.98 Å². The van der Waals surface area contributed by atoms with Crippen LogP contribution in [0.25, 0.3) is 11.1 Å².